The molecule has 0 unspecified atom stereocenters. The van der Waals surface area contributed by atoms with Crippen molar-refractivity contribution >= 4 is 43.5 Å². The summed E-state index contributed by atoms with van der Waals surface area (Å²) in [4.78, 5) is 16.8. The van der Waals surface area contributed by atoms with E-state index in [4.69, 9.17) is 9.72 Å². The molecule has 0 fully saturated rings. The minimum atomic E-state index is -3.94. The number of aryl methyl sites for hydroxylation is 2. The fraction of sp³-hybridized carbons (Fsp3) is 0.172. The van der Waals surface area contributed by atoms with Crippen LogP contribution in [0.2, 0.25) is 0 Å². The molecule has 0 aliphatic heterocycles. The second-order valence-electron chi connectivity index (χ2n) is 8.92. The maximum absolute atomic E-state index is 13.3. The number of rotatable bonds is 7. The van der Waals surface area contributed by atoms with Gasteiger partial charge in [0.25, 0.3) is 10.0 Å². The standard InChI is InChI=1S/C29H27N3O4S/c1-4-36-29(33)22-11-13-23(14-12-22)37(34,35)31-28-19(2)24-7-5-6-8-25(24)26(30-28)17-20-9-10-21-15-16-32(3)27(21)18-20/h5-16,18H,4,17H2,1-3H3,(H,30,31). The second kappa shape index (κ2) is 9.71. The van der Waals surface area contributed by atoms with Gasteiger partial charge in [-0.3, -0.25) is 4.72 Å². The molecule has 0 bridgehead atoms. The number of hydrogen-bond acceptors (Lipinski definition) is 5. The SMILES string of the molecule is CCOC(=O)c1ccc(S(=O)(=O)Nc2nc(Cc3ccc4ccn(C)c4c3)c3ccccc3c2C)cc1. The lowest BCUT2D eigenvalue weighted by atomic mass is 10.00. The molecule has 37 heavy (non-hydrogen) atoms. The topological polar surface area (TPSA) is 90.3 Å². The van der Waals surface area contributed by atoms with Gasteiger partial charge in [0.15, 0.2) is 0 Å². The largest absolute Gasteiger partial charge is 0.462 e. The maximum atomic E-state index is 13.3. The molecule has 0 aliphatic rings. The summed E-state index contributed by atoms with van der Waals surface area (Å²) in [5.74, 6) is -0.215. The molecule has 5 aromatic rings. The van der Waals surface area contributed by atoms with Crippen LogP contribution in [0.1, 0.15) is 34.1 Å². The third-order valence-corrected chi connectivity index (χ3v) is 7.83. The number of aromatic nitrogens is 2. The number of ether oxygens (including phenoxy) is 1. The van der Waals surface area contributed by atoms with E-state index in [-0.39, 0.29) is 17.3 Å². The van der Waals surface area contributed by atoms with Gasteiger partial charge in [0.1, 0.15) is 5.82 Å². The van der Waals surface area contributed by atoms with E-state index in [1.54, 1.807) is 6.92 Å². The molecule has 0 spiro atoms. The number of carbonyl (C=O) groups excluding carboxylic acids is 1. The van der Waals surface area contributed by atoms with Crippen molar-refractivity contribution in [2.24, 2.45) is 7.05 Å². The lowest BCUT2D eigenvalue weighted by molar-refractivity contribution is 0.0526. The Morgan fingerprint density at radius 2 is 1.73 bits per heavy atom. The molecule has 0 saturated heterocycles. The number of nitrogens with one attached hydrogen (secondary N) is 1. The first-order valence-corrected chi connectivity index (χ1v) is 13.5. The molecule has 2 aromatic heterocycles. The van der Waals surface area contributed by atoms with Crippen molar-refractivity contribution in [1.82, 2.24) is 9.55 Å². The fourth-order valence-corrected chi connectivity index (χ4v) is 5.55. The van der Waals surface area contributed by atoms with Crippen LogP contribution in [0, 0.1) is 6.92 Å². The number of pyridine rings is 1. The highest BCUT2D eigenvalue weighted by atomic mass is 32.2. The van der Waals surface area contributed by atoms with Crippen LogP contribution in [0.25, 0.3) is 21.7 Å². The summed E-state index contributed by atoms with van der Waals surface area (Å²) in [7, 11) is -1.93. The van der Waals surface area contributed by atoms with Crippen molar-refractivity contribution < 1.29 is 17.9 Å². The average Bonchev–Trinajstić information content (AvgIpc) is 3.27. The molecular formula is C29H27N3O4S. The zero-order valence-electron chi connectivity index (χ0n) is 20.9. The summed E-state index contributed by atoms with van der Waals surface area (Å²) in [5.41, 5.74) is 4.02. The molecule has 0 amide bonds. The molecule has 7 nitrogen and oxygen atoms in total. The molecule has 0 saturated carbocycles. The summed E-state index contributed by atoms with van der Waals surface area (Å²) in [6.07, 6.45) is 2.57. The van der Waals surface area contributed by atoms with Gasteiger partial charge in [0.05, 0.1) is 22.8 Å². The van der Waals surface area contributed by atoms with Crippen LogP contribution in [-0.2, 0) is 28.2 Å². The second-order valence-corrected chi connectivity index (χ2v) is 10.6. The highest BCUT2D eigenvalue weighted by Gasteiger charge is 2.20. The molecule has 8 heteroatoms. The number of sulfonamides is 1. The van der Waals surface area contributed by atoms with Crippen molar-refractivity contribution in [1.29, 1.82) is 0 Å². The Hall–Kier alpha value is -4.17. The number of anilines is 1. The van der Waals surface area contributed by atoms with E-state index >= 15 is 0 Å². The minimum Gasteiger partial charge on any atom is -0.462 e. The van der Waals surface area contributed by atoms with E-state index in [1.165, 1.54) is 24.3 Å². The van der Waals surface area contributed by atoms with Gasteiger partial charge in [-0.2, -0.15) is 0 Å². The average molecular weight is 514 g/mol. The van der Waals surface area contributed by atoms with Gasteiger partial charge < -0.3 is 9.30 Å². The first kappa shape index (κ1) is 24.5. The third-order valence-electron chi connectivity index (χ3n) is 6.47. The van der Waals surface area contributed by atoms with Crippen molar-refractivity contribution in [2.45, 2.75) is 25.2 Å². The van der Waals surface area contributed by atoms with E-state index in [1.807, 2.05) is 44.4 Å². The minimum absolute atomic E-state index is 0.0330. The Morgan fingerprint density at radius 3 is 2.46 bits per heavy atom. The van der Waals surface area contributed by atoms with Crippen LogP contribution in [0.4, 0.5) is 5.82 Å². The summed E-state index contributed by atoms with van der Waals surface area (Å²) >= 11 is 0. The van der Waals surface area contributed by atoms with E-state index in [9.17, 15) is 13.2 Å². The lowest BCUT2D eigenvalue weighted by Crippen LogP contribution is -2.16. The van der Waals surface area contributed by atoms with E-state index in [0.717, 1.165) is 38.5 Å². The quantitative estimate of drug-likeness (QED) is 0.286. The fourth-order valence-electron chi connectivity index (χ4n) is 4.48. The third kappa shape index (κ3) is 4.80. The van der Waals surface area contributed by atoms with Gasteiger partial charge in [-0.1, -0.05) is 36.4 Å². The Labute approximate surface area is 215 Å². The number of fused-ring (bicyclic) bond motifs is 2. The van der Waals surface area contributed by atoms with Gasteiger partial charge >= 0.3 is 5.97 Å². The number of esters is 1. The predicted octanol–water partition coefficient (Wildman–Crippen LogP) is 5.60. The summed E-state index contributed by atoms with van der Waals surface area (Å²) in [5, 5.41) is 3.08. The summed E-state index contributed by atoms with van der Waals surface area (Å²) in [6.45, 7) is 3.82. The molecule has 5 rings (SSSR count). The molecule has 1 N–H and O–H groups in total. The Morgan fingerprint density at radius 1 is 1.00 bits per heavy atom. The monoisotopic (exact) mass is 513 g/mol. The van der Waals surface area contributed by atoms with Crippen molar-refractivity contribution in [2.75, 3.05) is 11.3 Å². The Bertz CT molecular complexity index is 1740. The van der Waals surface area contributed by atoms with Gasteiger partial charge in [-0.05, 0) is 66.6 Å². The summed E-state index contributed by atoms with van der Waals surface area (Å²) in [6, 6.07) is 21.9. The highest BCUT2D eigenvalue weighted by molar-refractivity contribution is 7.92. The van der Waals surface area contributed by atoms with Crippen LogP contribution in [0.5, 0.6) is 0 Å². The van der Waals surface area contributed by atoms with Gasteiger partial charge in [0, 0.05) is 36.1 Å². The highest BCUT2D eigenvalue weighted by Crippen LogP contribution is 2.30. The van der Waals surface area contributed by atoms with Crippen LogP contribution in [0.15, 0.2) is 83.9 Å². The van der Waals surface area contributed by atoms with Crippen LogP contribution < -0.4 is 4.72 Å². The molecule has 2 heterocycles. The van der Waals surface area contributed by atoms with Crippen LogP contribution in [0.3, 0.4) is 0 Å². The normalized spacial score (nSPS) is 11.6. The van der Waals surface area contributed by atoms with Gasteiger partial charge in [0.2, 0.25) is 0 Å². The number of hydrogen-bond donors (Lipinski definition) is 1. The molecule has 3 aromatic carbocycles. The molecule has 0 radical (unpaired) electrons. The van der Waals surface area contributed by atoms with Gasteiger partial charge in [-0.25, -0.2) is 18.2 Å². The van der Waals surface area contributed by atoms with E-state index in [0.29, 0.717) is 12.0 Å². The van der Waals surface area contributed by atoms with Crippen LogP contribution >= 0.6 is 0 Å². The van der Waals surface area contributed by atoms with E-state index < -0.39 is 16.0 Å². The molecule has 0 aliphatic carbocycles. The van der Waals surface area contributed by atoms with Crippen molar-refractivity contribution in [3.63, 3.8) is 0 Å². The summed E-state index contributed by atoms with van der Waals surface area (Å²) < 4.78 is 36.2. The first-order valence-electron chi connectivity index (χ1n) is 12.0. The zero-order valence-corrected chi connectivity index (χ0v) is 21.7. The van der Waals surface area contributed by atoms with E-state index in [2.05, 4.69) is 33.6 Å². The maximum Gasteiger partial charge on any atom is 0.338 e. The molecular weight excluding hydrogens is 486 g/mol. The smallest absolute Gasteiger partial charge is 0.338 e. The molecule has 0 atom stereocenters. The molecule has 188 valence electrons. The van der Waals surface area contributed by atoms with Crippen molar-refractivity contribution in [3.8, 4) is 0 Å². The predicted molar refractivity (Wildman–Crippen MR) is 145 cm³/mol. The number of benzene rings is 3. The Balaban J connectivity index is 1.51. The first-order chi connectivity index (χ1) is 17.8. The zero-order chi connectivity index (χ0) is 26.2. The van der Waals surface area contributed by atoms with Crippen molar-refractivity contribution in [3.05, 3.63) is 101 Å². The Kier molecular flexibility index (Phi) is 6.43. The van der Waals surface area contributed by atoms with Crippen LogP contribution in [-0.4, -0.2) is 30.5 Å². The lowest BCUT2D eigenvalue weighted by Gasteiger charge is -2.15. The van der Waals surface area contributed by atoms with Gasteiger partial charge in [-0.15, -0.1) is 0 Å². The number of carbonyl (C=O) groups is 1. The number of nitrogens with zero attached hydrogens (tertiary/aromatic N) is 2.